The molecule has 1 aliphatic carbocycles. The molecule has 0 spiro atoms. The van der Waals surface area contributed by atoms with Crippen LogP contribution in [0.5, 0.6) is 0 Å². The van der Waals surface area contributed by atoms with Crippen LogP contribution in [0, 0.1) is 5.92 Å². The fraction of sp³-hybridized carbons (Fsp3) is 1.00. The van der Waals surface area contributed by atoms with Gasteiger partial charge < -0.3 is 5.11 Å². The highest BCUT2D eigenvalue weighted by atomic mass is 16.3. The number of aliphatic hydroxyl groups is 1. The van der Waals surface area contributed by atoms with Crippen molar-refractivity contribution >= 4 is 0 Å². The van der Waals surface area contributed by atoms with Crippen LogP contribution in [-0.4, -0.2) is 17.3 Å². The van der Waals surface area contributed by atoms with Crippen molar-refractivity contribution in [2.24, 2.45) is 11.0 Å². The van der Waals surface area contributed by atoms with E-state index in [9.17, 15) is 5.11 Å². The van der Waals surface area contributed by atoms with Gasteiger partial charge in [-0.2, -0.15) is 0 Å². The van der Waals surface area contributed by atoms with Crippen LogP contribution in [0.25, 0.3) is 10.4 Å². The van der Waals surface area contributed by atoms with Gasteiger partial charge in [0.2, 0.25) is 0 Å². The Kier molecular flexibility index (Phi) is 2.37. The van der Waals surface area contributed by atoms with Gasteiger partial charge in [0.25, 0.3) is 0 Å². The molecule has 2 unspecified atom stereocenters. The standard InChI is InChI=1S/C7H13N3O/c1-6-2-3-7(11,4-6)5-9-10-8/h6,11H,2-5H2,1H3. The van der Waals surface area contributed by atoms with E-state index in [1.807, 2.05) is 0 Å². The normalized spacial score (nSPS) is 36.7. The monoisotopic (exact) mass is 155 g/mol. The summed E-state index contributed by atoms with van der Waals surface area (Å²) >= 11 is 0. The molecule has 1 N–H and O–H groups in total. The van der Waals surface area contributed by atoms with E-state index in [1.54, 1.807) is 0 Å². The average Bonchev–Trinajstić information content (AvgIpc) is 2.28. The zero-order valence-corrected chi connectivity index (χ0v) is 6.69. The molecule has 0 aromatic rings. The zero-order valence-electron chi connectivity index (χ0n) is 6.69. The summed E-state index contributed by atoms with van der Waals surface area (Å²) < 4.78 is 0. The van der Waals surface area contributed by atoms with Crippen molar-refractivity contribution in [3.05, 3.63) is 10.4 Å². The van der Waals surface area contributed by atoms with Gasteiger partial charge >= 0.3 is 0 Å². The van der Waals surface area contributed by atoms with Crippen molar-refractivity contribution in [3.8, 4) is 0 Å². The Labute approximate surface area is 65.9 Å². The lowest BCUT2D eigenvalue weighted by Crippen LogP contribution is -2.28. The molecule has 0 heterocycles. The molecule has 2 atom stereocenters. The third-order valence-corrected chi connectivity index (χ3v) is 2.26. The number of hydrogen-bond donors (Lipinski definition) is 1. The Morgan fingerprint density at radius 2 is 2.55 bits per heavy atom. The highest BCUT2D eigenvalue weighted by molar-refractivity contribution is 4.89. The largest absolute Gasteiger partial charge is 0.390 e. The van der Waals surface area contributed by atoms with E-state index in [2.05, 4.69) is 16.9 Å². The summed E-state index contributed by atoms with van der Waals surface area (Å²) in [7, 11) is 0. The average molecular weight is 155 g/mol. The third kappa shape index (κ3) is 2.10. The number of azide groups is 1. The first kappa shape index (κ1) is 8.37. The first-order valence-corrected chi connectivity index (χ1v) is 3.89. The van der Waals surface area contributed by atoms with Crippen molar-refractivity contribution in [3.63, 3.8) is 0 Å². The van der Waals surface area contributed by atoms with E-state index in [1.165, 1.54) is 0 Å². The molecular weight excluding hydrogens is 142 g/mol. The van der Waals surface area contributed by atoms with Gasteiger partial charge in [-0.25, -0.2) is 0 Å². The van der Waals surface area contributed by atoms with Crippen molar-refractivity contribution in [2.45, 2.75) is 31.8 Å². The van der Waals surface area contributed by atoms with Gasteiger partial charge in [0.1, 0.15) is 0 Å². The predicted molar refractivity (Wildman–Crippen MR) is 42.0 cm³/mol. The Hall–Kier alpha value is -0.730. The maximum Gasteiger partial charge on any atom is 0.0706 e. The Morgan fingerprint density at radius 3 is 3.00 bits per heavy atom. The van der Waals surface area contributed by atoms with Crippen LogP contribution in [0.4, 0.5) is 0 Å². The molecule has 0 aromatic carbocycles. The van der Waals surface area contributed by atoms with E-state index < -0.39 is 5.60 Å². The van der Waals surface area contributed by atoms with E-state index >= 15 is 0 Å². The van der Waals surface area contributed by atoms with Crippen LogP contribution in [0.3, 0.4) is 0 Å². The molecule has 1 fully saturated rings. The van der Waals surface area contributed by atoms with E-state index in [0.717, 1.165) is 19.3 Å². The molecule has 0 saturated heterocycles. The highest BCUT2D eigenvalue weighted by Crippen LogP contribution is 2.34. The summed E-state index contributed by atoms with van der Waals surface area (Å²) in [5.74, 6) is 0.564. The molecule has 0 amide bonds. The first-order chi connectivity index (χ1) is 5.16. The van der Waals surface area contributed by atoms with Crippen LogP contribution in [0.1, 0.15) is 26.2 Å². The van der Waals surface area contributed by atoms with Gasteiger partial charge in [-0.05, 0) is 30.7 Å². The van der Waals surface area contributed by atoms with E-state index in [4.69, 9.17) is 5.53 Å². The van der Waals surface area contributed by atoms with E-state index in [0.29, 0.717) is 5.92 Å². The summed E-state index contributed by atoms with van der Waals surface area (Å²) in [6, 6.07) is 0. The third-order valence-electron chi connectivity index (χ3n) is 2.26. The number of rotatable bonds is 2. The molecule has 1 aliphatic rings. The molecule has 0 bridgehead atoms. The lowest BCUT2D eigenvalue weighted by Gasteiger charge is -2.18. The summed E-state index contributed by atoms with van der Waals surface area (Å²) in [6.07, 6.45) is 2.58. The molecule has 4 nitrogen and oxygen atoms in total. The molecule has 11 heavy (non-hydrogen) atoms. The van der Waals surface area contributed by atoms with Crippen LogP contribution in [0.15, 0.2) is 5.11 Å². The SMILES string of the molecule is CC1CCC(O)(CN=[N+]=[N-])C1. The van der Waals surface area contributed by atoms with Crippen molar-refractivity contribution < 1.29 is 5.11 Å². The maximum atomic E-state index is 9.73. The number of hydrogen-bond acceptors (Lipinski definition) is 2. The van der Waals surface area contributed by atoms with Gasteiger partial charge in [0.15, 0.2) is 0 Å². The van der Waals surface area contributed by atoms with E-state index in [-0.39, 0.29) is 6.54 Å². The molecule has 1 saturated carbocycles. The number of nitrogens with zero attached hydrogens (tertiary/aromatic N) is 3. The van der Waals surface area contributed by atoms with Gasteiger partial charge in [-0.3, -0.25) is 0 Å². The molecule has 0 radical (unpaired) electrons. The lowest BCUT2D eigenvalue weighted by molar-refractivity contribution is 0.0535. The predicted octanol–water partition coefficient (Wildman–Crippen LogP) is 1.85. The Bertz CT molecular complexity index is 188. The van der Waals surface area contributed by atoms with Gasteiger partial charge in [0, 0.05) is 4.91 Å². The second kappa shape index (κ2) is 3.11. The van der Waals surface area contributed by atoms with Gasteiger partial charge in [0.05, 0.1) is 12.1 Å². The van der Waals surface area contributed by atoms with Crippen molar-refractivity contribution in [1.29, 1.82) is 0 Å². The fourth-order valence-electron chi connectivity index (χ4n) is 1.67. The Morgan fingerprint density at radius 1 is 1.82 bits per heavy atom. The van der Waals surface area contributed by atoms with Crippen molar-refractivity contribution in [2.75, 3.05) is 6.54 Å². The fourth-order valence-corrected chi connectivity index (χ4v) is 1.67. The topological polar surface area (TPSA) is 69.0 Å². The van der Waals surface area contributed by atoms with Crippen LogP contribution in [-0.2, 0) is 0 Å². The van der Waals surface area contributed by atoms with Crippen LogP contribution in [0.2, 0.25) is 0 Å². The van der Waals surface area contributed by atoms with Crippen LogP contribution >= 0.6 is 0 Å². The maximum absolute atomic E-state index is 9.73. The van der Waals surface area contributed by atoms with Crippen molar-refractivity contribution in [1.82, 2.24) is 0 Å². The molecule has 4 heteroatoms. The Balaban J connectivity index is 2.47. The smallest absolute Gasteiger partial charge is 0.0706 e. The second-order valence-corrected chi connectivity index (χ2v) is 3.46. The summed E-state index contributed by atoms with van der Waals surface area (Å²) in [5.41, 5.74) is 7.35. The van der Waals surface area contributed by atoms with Gasteiger partial charge in [-0.15, -0.1) is 0 Å². The molecular formula is C7H13N3O. The quantitative estimate of drug-likeness (QED) is 0.369. The zero-order chi connectivity index (χ0) is 8.32. The van der Waals surface area contributed by atoms with Crippen LogP contribution < -0.4 is 0 Å². The summed E-state index contributed by atoms with van der Waals surface area (Å²) in [4.78, 5) is 2.63. The minimum atomic E-state index is -0.703. The molecule has 0 aromatic heterocycles. The first-order valence-electron chi connectivity index (χ1n) is 3.89. The minimum Gasteiger partial charge on any atom is -0.390 e. The molecule has 62 valence electrons. The highest BCUT2D eigenvalue weighted by Gasteiger charge is 2.34. The summed E-state index contributed by atoms with van der Waals surface area (Å²) in [6.45, 7) is 2.34. The lowest BCUT2D eigenvalue weighted by atomic mass is 10.0. The van der Waals surface area contributed by atoms with Gasteiger partial charge in [-0.1, -0.05) is 12.0 Å². The molecule has 0 aliphatic heterocycles. The molecule has 1 rings (SSSR count). The minimum absolute atomic E-state index is 0.230. The second-order valence-electron chi connectivity index (χ2n) is 3.46. The summed E-state index contributed by atoms with van der Waals surface area (Å²) in [5, 5.41) is 13.1.